The van der Waals surface area contributed by atoms with Crippen molar-refractivity contribution in [1.29, 1.82) is 0 Å². The van der Waals surface area contributed by atoms with Crippen LogP contribution in [0.2, 0.25) is 0 Å². The smallest absolute Gasteiger partial charge is 0.355 e. The van der Waals surface area contributed by atoms with Crippen molar-refractivity contribution < 1.29 is 26.3 Å². The van der Waals surface area contributed by atoms with Crippen molar-refractivity contribution in [3.8, 4) is 0 Å². The van der Waals surface area contributed by atoms with Crippen LogP contribution in [0.4, 0.5) is 32.0 Å². The maximum atomic E-state index is 13.1. The van der Waals surface area contributed by atoms with E-state index in [9.17, 15) is 26.3 Å². The second-order valence-corrected chi connectivity index (χ2v) is 8.51. The fourth-order valence-corrected chi connectivity index (χ4v) is 4.80. The molecule has 0 unspecified atom stereocenters. The standard InChI is InChI=1S/C20H25F6N5/c21-19(22,23)10-27-7-13-1-3-15(4-2-13)31-12-30(11-20(24,25)26)9-14-8-29-18-16(17(14)31)5-6-28-18/h5-6,8,13,15,27H,1-4,7,9-12H2,(H,28,29)/t13-,15-. The highest BCUT2D eigenvalue weighted by atomic mass is 19.4. The van der Waals surface area contributed by atoms with Crippen molar-refractivity contribution in [2.45, 2.75) is 50.6 Å². The SMILES string of the molecule is FC(F)(F)CNC[C@H]1CC[C@H](N2CN(CC(F)(F)F)Cc3cnc4[nH]ccc4c32)CC1. The van der Waals surface area contributed by atoms with Crippen LogP contribution in [0.5, 0.6) is 0 Å². The van der Waals surface area contributed by atoms with Crippen LogP contribution in [0.25, 0.3) is 11.0 Å². The lowest BCUT2D eigenvalue weighted by molar-refractivity contribution is -0.147. The van der Waals surface area contributed by atoms with Crippen LogP contribution in [0.15, 0.2) is 18.5 Å². The van der Waals surface area contributed by atoms with Gasteiger partial charge in [-0.25, -0.2) is 4.98 Å². The van der Waals surface area contributed by atoms with Crippen LogP contribution in [0.1, 0.15) is 31.2 Å². The molecule has 11 heteroatoms. The van der Waals surface area contributed by atoms with E-state index in [1.54, 1.807) is 12.4 Å². The van der Waals surface area contributed by atoms with Gasteiger partial charge in [0.25, 0.3) is 0 Å². The van der Waals surface area contributed by atoms with Crippen LogP contribution in [0.3, 0.4) is 0 Å². The van der Waals surface area contributed by atoms with Gasteiger partial charge in [-0.2, -0.15) is 26.3 Å². The first kappa shape index (κ1) is 22.2. The molecule has 2 N–H and O–H groups in total. The molecule has 5 nitrogen and oxygen atoms in total. The summed E-state index contributed by atoms with van der Waals surface area (Å²) in [6.45, 7) is -1.36. The molecule has 2 aromatic heterocycles. The van der Waals surface area contributed by atoms with Crippen LogP contribution in [-0.2, 0) is 6.54 Å². The van der Waals surface area contributed by atoms with E-state index in [2.05, 4.69) is 15.3 Å². The van der Waals surface area contributed by atoms with Crippen molar-refractivity contribution in [2.24, 2.45) is 5.92 Å². The van der Waals surface area contributed by atoms with Gasteiger partial charge in [-0.1, -0.05) is 0 Å². The van der Waals surface area contributed by atoms with Gasteiger partial charge in [-0.3, -0.25) is 4.90 Å². The Labute approximate surface area is 175 Å². The molecule has 1 aliphatic carbocycles. The van der Waals surface area contributed by atoms with Gasteiger partial charge in [0.2, 0.25) is 0 Å². The molecule has 4 rings (SSSR count). The molecule has 1 saturated carbocycles. The predicted octanol–water partition coefficient (Wildman–Crippen LogP) is 4.42. The Hall–Kier alpha value is -2.01. The van der Waals surface area contributed by atoms with Gasteiger partial charge in [0.1, 0.15) is 5.65 Å². The minimum absolute atomic E-state index is 0.0362. The van der Waals surface area contributed by atoms with E-state index in [1.807, 2.05) is 11.0 Å². The lowest BCUT2D eigenvalue weighted by atomic mass is 9.84. The van der Waals surface area contributed by atoms with E-state index in [4.69, 9.17) is 0 Å². The maximum absolute atomic E-state index is 13.1. The van der Waals surface area contributed by atoms with E-state index in [0.717, 1.165) is 42.3 Å². The predicted molar refractivity (Wildman–Crippen MR) is 105 cm³/mol. The van der Waals surface area contributed by atoms with Gasteiger partial charge >= 0.3 is 12.4 Å². The Bertz CT molecular complexity index is 884. The monoisotopic (exact) mass is 449 g/mol. The van der Waals surface area contributed by atoms with Crippen molar-refractivity contribution in [3.63, 3.8) is 0 Å². The molecule has 2 aromatic rings. The summed E-state index contributed by atoms with van der Waals surface area (Å²) in [7, 11) is 0. The molecule has 0 amide bonds. The number of aromatic amines is 1. The maximum Gasteiger partial charge on any atom is 0.401 e. The third kappa shape index (κ3) is 5.43. The molecule has 1 aliphatic heterocycles. The van der Waals surface area contributed by atoms with Gasteiger partial charge in [-0.15, -0.1) is 0 Å². The number of nitrogens with one attached hydrogen (secondary N) is 2. The summed E-state index contributed by atoms with van der Waals surface area (Å²) < 4.78 is 76.3. The molecule has 172 valence electrons. The summed E-state index contributed by atoms with van der Waals surface area (Å²) in [5, 5.41) is 3.36. The number of aromatic nitrogens is 2. The van der Waals surface area contributed by atoms with Crippen molar-refractivity contribution >= 4 is 16.7 Å². The molecule has 0 saturated heterocycles. The number of anilines is 1. The van der Waals surface area contributed by atoms with Crippen molar-refractivity contribution in [3.05, 3.63) is 24.0 Å². The summed E-state index contributed by atoms with van der Waals surface area (Å²) in [5.41, 5.74) is 2.37. The van der Waals surface area contributed by atoms with Gasteiger partial charge in [-0.05, 0) is 44.2 Å². The topological polar surface area (TPSA) is 47.2 Å². The molecule has 1 fully saturated rings. The number of hydrogen-bond donors (Lipinski definition) is 2. The van der Waals surface area contributed by atoms with Crippen molar-refractivity contribution in [1.82, 2.24) is 20.2 Å². The Morgan fingerprint density at radius 2 is 1.81 bits per heavy atom. The summed E-state index contributed by atoms with van der Waals surface area (Å²) in [5.74, 6) is 0.138. The van der Waals surface area contributed by atoms with E-state index in [-0.39, 0.29) is 25.2 Å². The molecular formula is C20H25F6N5. The first-order valence-corrected chi connectivity index (χ1v) is 10.4. The number of pyridine rings is 1. The third-order valence-electron chi connectivity index (χ3n) is 6.09. The third-order valence-corrected chi connectivity index (χ3v) is 6.09. The number of hydrogen-bond acceptors (Lipinski definition) is 4. The van der Waals surface area contributed by atoms with Crippen LogP contribution < -0.4 is 10.2 Å². The zero-order chi connectivity index (χ0) is 22.2. The van der Waals surface area contributed by atoms with Crippen LogP contribution >= 0.6 is 0 Å². The zero-order valence-corrected chi connectivity index (χ0v) is 16.9. The van der Waals surface area contributed by atoms with Gasteiger partial charge in [0, 0.05) is 35.9 Å². The summed E-state index contributed by atoms with van der Waals surface area (Å²) in [6, 6.07) is 1.93. The zero-order valence-electron chi connectivity index (χ0n) is 16.9. The summed E-state index contributed by atoms with van der Waals surface area (Å²) >= 11 is 0. The number of alkyl halides is 6. The molecule has 0 bridgehead atoms. The van der Waals surface area contributed by atoms with E-state index >= 15 is 0 Å². The molecule has 0 aromatic carbocycles. The molecule has 31 heavy (non-hydrogen) atoms. The van der Waals surface area contributed by atoms with Gasteiger partial charge < -0.3 is 15.2 Å². The average Bonchev–Trinajstić information content (AvgIpc) is 3.14. The Kier molecular flexibility index (Phi) is 6.08. The highest BCUT2D eigenvalue weighted by Crippen LogP contribution is 2.39. The van der Waals surface area contributed by atoms with Gasteiger partial charge in [0.05, 0.1) is 25.4 Å². The molecule has 0 radical (unpaired) electrons. The summed E-state index contributed by atoms with van der Waals surface area (Å²) in [4.78, 5) is 10.8. The minimum Gasteiger partial charge on any atom is -0.355 e. The molecule has 2 aliphatic rings. The Balaban J connectivity index is 1.48. The number of H-pyrrole nitrogens is 1. The lowest BCUT2D eigenvalue weighted by Crippen LogP contribution is -2.51. The van der Waals surface area contributed by atoms with Gasteiger partial charge in [0.15, 0.2) is 0 Å². The largest absolute Gasteiger partial charge is 0.401 e. The van der Waals surface area contributed by atoms with E-state index in [1.165, 1.54) is 4.90 Å². The second-order valence-electron chi connectivity index (χ2n) is 8.51. The number of nitrogens with zero attached hydrogens (tertiary/aromatic N) is 3. The summed E-state index contributed by atoms with van der Waals surface area (Å²) in [6.07, 6.45) is -2.19. The Morgan fingerprint density at radius 3 is 2.48 bits per heavy atom. The fraction of sp³-hybridized carbons (Fsp3) is 0.650. The molecule has 0 spiro atoms. The minimum atomic E-state index is -4.30. The number of rotatable bonds is 5. The van der Waals surface area contributed by atoms with Crippen LogP contribution in [0, 0.1) is 5.92 Å². The molecule has 0 atom stereocenters. The lowest BCUT2D eigenvalue weighted by Gasteiger charge is -2.45. The van der Waals surface area contributed by atoms with Crippen molar-refractivity contribution in [2.75, 3.05) is 31.2 Å². The molecule has 3 heterocycles. The first-order valence-electron chi connectivity index (χ1n) is 10.4. The molecular weight excluding hydrogens is 424 g/mol. The highest BCUT2D eigenvalue weighted by molar-refractivity contribution is 5.92. The highest BCUT2D eigenvalue weighted by Gasteiger charge is 2.37. The van der Waals surface area contributed by atoms with E-state index < -0.39 is 25.4 Å². The van der Waals surface area contributed by atoms with Crippen LogP contribution in [-0.4, -0.2) is 59.6 Å². The first-order chi connectivity index (χ1) is 14.6. The second kappa shape index (κ2) is 8.50. The quantitative estimate of drug-likeness (QED) is 0.664. The normalized spacial score (nSPS) is 23.4. The Morgan fingerprint density at radius 1 is 1.06 bits per heavy atom. The van der Waals surface area contributed by atoms with E-state index in [0.29, 0.717) is 12.2 Å². The average molecular weight is 449 g/mol. The number of fused-ring (bicyclic) bond motifs is 3. The fourth-order valence-electron chi connectivity index (χ4n) is 4.80. The number of halogens is 6.